The number of non-ortho nitro benzene ring substituents is 1. The number of para-hydroxylation sites is 1. The quantitative estimate of drug-likeness (QED) is 0.264. The Morgan fingerprint density at radius 1 is 0.941 bits per heavy atom. The van der Waals surface area contributed by atoms with Crippen LogP contribution in [-0.2, 0) is 11.2 Å². The highest BCUT2D eigenvalue weighted by molar-refractivity contribution is 5.89. The molecule has 0 N–H and O–H groups in total. The van der Waals surface area contributed by atoms with Crippen LogP contribution in [0.15, 0.2) is 66.7 Å². The van der Waals surface area contributed by atoms with E-state index in [0.717, 1.165) is 11.1 Å². The number of nitro groups is 1. The van der Waals surface area contributed by atoms with Gasteiger partial charge < -0.3 is 19.1 Å². The van der Waals surface area contributed by atoms with E-state index in [1.807, 2.05) is 49.4 Å². The van der Waals surface area contributed by atoms with Crippen molar-refractivity contribution in [3.63, 3.8) is 0 Å². The Morgan fingerprint density at radius 3 is 2.41 bits per heavy atom. The number of nitro benzene ring substituents is 1. The fraction of sp³-hybridized carbons (Fsp3) is 0.269. The Labute approximate surface area is 197 Å². The van der Waals surface area contributed by atoms with Crippen molar-refractivity contribution in [3.8, 4) is 17.2 Å². The lowest BCUT2D eigenvalue weighted by molar-refractivity contribution is -0.385. The van der Waals surface area contributed by atoms with E-state index in [2.05, 4.69) is 0 Å². The molecule has 8 heteroatoms. The van der Waals surface area contributed by atoms with Crippen LogP contribution in [0.25, 0.3) is 0 Å². The fourth-order valence-corrected chi connectivity index (χ4v) is 4.17. The van der Waals surface area contributed by atoms with E-state index in [9.17, 15) is 14.9 Å². The Morgan fingerprint density at radius 2 is 1.71 bits per heavy atom. The third-order valence-corrected chi connectivity index (χ3v) is 6.01. The highest BCUT2D eigenvalue weighted by Gasteiger charge is 2.50. The number of benzene rings is 3. The number of hydrogen-bond acceptors (Lipinski definition) is 6. The molecule has 0 unspecified atom stereocenters. The van der Waals surface area contributed by atoms with E-state index in [-0.39, 0.29) is 11.6 Å². The first-order valence-corrected chi connectivity index (χ1v) is 10.9. The summed E-state index contributed by atoms with van der Waals surface area (Å²) in [6.45, 7) is 2.34. The van der Waals surface area contributed by atoms with E-state index >= 15 is 0 Å². The molecular weight excluding hydrogens is 436 g/mol. The number of rotatable bonds is 9. The van der Waals surface area contributed by atoms with Gasteiger partial charge in [0.1, 0.15) is 11.8 Å². The highest BCUT2D eigenvalue weighted by atomic mass is 16.6. The van der Waals surface area contributed by atoms with E-state index in [0.29, 0.717) is 35.8 Å². The molecule has 0 saturated carbocycles. The first kappa shape index (κ1) is 23.1. The van der Waals surface area contributed by atoms with Gasteiger partial charge in [-0.1, -0.05) is 36.4 Å². The Bertz CT molecular complexity index is 1210. The minimum atomic E-state index is -0.756. The van der Waals surface area contributed by atoms with Crippen LogP contribution in [-0.4, -0.2) is 42.6 Å². The maximum Gasteiger partial charge on any atom is 0.269 e. The standard InChI is InChI=1S/C26H26N2O6/c1-17-7-4-5-10-21(17)34-25-24(19-8-6-9-20(16-19)28(30)31)27(26(25)29)14-13-18-11-12-22(32-2)23(15-18)33-3/h4-12,15-16,24-25H,13-14H2,1-3H3/t24-,25-/m0/s1. The number of aryl methyl sites for hydroxylation is 1. The van der Waals surface area contributed by atoms with Crippen LogP contribution < -0.4 is 14.2 Å². The molecule has 1 fully saturated rings. The lowest BCUT2D eigenvalue weighted by atomic mass is 9.89. The summed E-state index contributed by atoms with van der Waals surface area (Å²) in [5.41, 5.74) is 2.54. The van der Waals surface area contributed by atoms with Crippen molar-refractivity contribution in [1.82, 2.24) is 4.90 Å². The zero-order valence-corrected chi connectivity index (χ0v) is 19.3. The molecule has 3 aromatic rings. The van der Waals surface area contributed by atoms with E-state index in [1.165, 1.54) is 12.1 Å². The van der Waals surface area contributed by atoms with Crippen molar-refractivity contribution in [2.75, 3.05) is 20.8 Å². The molecule has 0 aromatic heterocycles. The number of hydrogen-bond donors (Lipinski definition) is 0. The van der Waals surface area contributed by atoms with Crippen molar-refractivity contribution < 1.29 is 23.9 Å². The topological polar surface area (TPSA) is 91.1 Å². The summed E-state index contributed by atoms with van der Waals surface area (Å²) in [6, 6.07) is 19.1. The molecule has 0 spiro atoms. The van der Waals surface area contributed by atoms with E-state index in [1.54, 1.807) is 31.3 Å². The molecule has 1 aliphatic rings. The van der Waals surface area contributed by atoms with Crippen LogP contribution in [0.1, 0.15) is 22.7 Å². The summed E-state index contributed by atoms with van der Waals surface area (Å²) in [5, 5.41) is 11.3. The number of carbonyl (C=O) groups excluding carboxylic acids is 1. The lowest BCUT2D eigenvalue weighted by Gasteiger charge is -2.47. The SMILES string of the molecule is COc1ccc(CCN2C(=O)[C@@H](Oc3ccccc3C)[C@@H]2c2cccc([N+](=O)[O-])c2)cc1OC. The van der Waals surface area contributed by atoms with Gasteiger partial charge in [-0.2, -0.15) is 0 Å². The van der Waals surface area contributed by atoms with Gasteiger partial charge in [0, 0.05) is 18.7 Å². The van der Waals surface area contributed by atoms with Crippen molar-refractivity contribution in [2.24, 2.45) is 0 Å². The van der Waals surface area contributed by atoms with Crippen LogP contribution in [0, 0.1) is 17.0 Å². The number of nitrogens with zero attached hydrogens (tertiary/aromatic N) is 2. The van der Waals surface area contributed by atoms with Gasteiger partial charge in [0.15, 0.2) is 11.5 Å². The molecular formula is C26H26N2O6. The number of amides is 1. The number of carbonyl (C=O) groups is 1. The van der Waals surface area contributed by atoms with Crippen LogP contribution in [0.4, 0.5) is 5.69 Å². The van der Waals surface area contributed by atoms with Crippen LogP contribution in [0.3, 0.4) is 0 Å². The average Bonchev–Trinajstić information content (AvgIpc) is 2.85. The van der Waals surface area contributed by atoms with Crippen LogP contribution in [0.2, 0.25) is 0 Å². The molecule has 176 valence electrons. The number of ether oxygens (including phenoxy) is 3. The molecule has 0 radical (unpaired) electrons. The Kier molecular flexibility index (Phi) is 6.67. The van der Waals surface area contributed by atoms with Crippen LogP contribution >= 0.6 is 0 Å². The predicted molar refractivity (Wildman–Crippen MR) is 126 cm³/mol. The van der Waals surface area contributed by atoms with Gasteiger partial charge >= 0.3 is 0 Å². The first-order valence-electron chi connectivity index (χ1n) is 10.9. The van der Waals surface area contributed by atoms with Gasteiger partial charge in [-0.25, -0.2) is 0 Å². The van der Waals surface area contributed by atoms with Gasteiger partial charge in [-0.15, -0.1) is 0 Å². The summed E-state index contributed by atoms with van der Waals surface area (Å²) >= 11 is 0. The zero-order chi connectivity index (χ0) is 24.2. The fourth-order valence-electron chi connectivity index (χ4n) is 4.17. The maximum absolute atomic E-state index is 13.1. The molecule has 0 aliphatic carbocycles. The maximum atomic E-state index is 13.1. The second kappa shape index (κ2) is 9.82. The predicted octanol–water partition coefficient (Wildman–Crippen LogP) is 4.49. The smallest absolute Gasteiger partial charge is 0.269 e. The zero-order valence-electron chi connectivity index (χ0n) is 19.3. The third-order valence-electron chi connectivity index (χ3n) is 6.01. The molecule has 0 bridgehead atoms. The normalized spacial score (nSPS) is 17.1. The molecule has 1 heterocycles. The van der Waals surface area contributed by atoms with E-state index in [4.69, 9.17) is 14.2 Å². The van der Waals surface area contributed by atoms with Gasteiger partial charge in [0.25, 0.3) is 11.6 Å². The summed E-state index contributed by atoms with van der Waals surface area (Å²) in [7, 11) is 3.15. The molecule has 3 aromatic carbocycles. The van der Waals surface area contributed by atoms with Gasteiger partial charge in [0.2, 0.25) is 6.10 Å². The number of likely N-dealkylation sites (tertiary alicyclic amines) is 1. The van der Waals surface area contributed by atoms with Gasteiger partial charge in [-0.3, -0.25) is 14.9 Å². The molecule has 4 rings (SSSR count). The second-order valence-corrected chi connectivity index (χ2v) is 8.07. The summed E-state index contributed by atoms with van der Waals surface area (Å²) in [6.07, 6.45) is -0.178. The van der Waals surface area contributed by atoms with Crippen molar-refractivity contribution >= 4 is 11.6 Å². The number of β-lactam (4-membered cyclic amide) rings is 1. The largest absolute Gasteiger partial charge is 0.493 e. The summed E-state index contributed by atoms with van der Waals surface area (Å²) in [4.78, 5) is 25.8. The van der Waals surface area contributed by atoms with Crippen LogP contribution in [0.5, 0.6) is 17.2 Å². The first-order chi connectivity index (χ1) is 16.4. The third kappa shape index (κ3) is 4.52. The second-order valence-electron chi connectivity index (χ2n) is 8.07. The molecule has 1 amide bonds. The van der Waals surface area contributed by atoms with Crippen molar-refractivity contribution in [2.45, 2.75) is 25.5 Å². The van der Waals surface area contributed by atoms with Gasteiger partial charge in [-0.05, 0) is 48.2 Å². The highest BCUT2D eigenvalue weighted by Crippen LogP contribution is 2.39. The van der Waals surface area contributed by atoms with Crippen molar-refractivity contribution in [1.29, 1.82) is 0 Å². The number of methoxy groups -OCH3 is 2. The molecule has 34 heavy (non-hydrogen) atoms. The Hall–Kier alpha value is -4.07. The molecule has 2 atom stereocenters. The monoisotopic (exact) mass is 462 g/mol. The average molecular weight is 463 g/mol. The summed E-state index contributed by atoms with van der Waals surface area (Å²) < 4.78 is 16.8. The minimum absolute atomic E-state index is 0.0219. The summed E-state index contributed by atoms with van der Waals surface area (Å²) in [5.74, 6) is 1.72. The Balaban J connectivity index is 1.59. The molecule has 8 nitrogen and oxygen atoms in total. The van der Waals surface area contributed by atoms with Gasteiger partial charge in [0.05, 0.1) is 19.1 Å². The molecule has 1 saturated heterocycles. The lowest BCUT2D eigenvalue weighted by Crippen LogP contribution is -2.61. The van der Waals surface area contributed by atoms with Crippen molar-refractivity contribution in [3.05, 3.63) is 93.5 Å². The van der Waals surface area contributed by atoms with E-state index < -0.39 is 17.1 Å². The molecule has 1 aliphatic heterocycles. The minimum Gasteiger partial charge on any atom is -0.493 e.